The van der Waals surface area contributed by atoms with E-state index in [-0.39, 0.29) is 11.5 Å². The third-order valence-corrected chi connectivity index (χ3v) is 3.58. The number of hydrogen-bond acceptors (Lipinski definition) is 3. The Morgan fingerprint density at radius 1 is 1.36 bits per heavy atom. The molecule has 1 aliphatic heterocycles. The first-order valence-electron chi connectivity index (χ1n) is 4.96. The molecule has 0 aromatic heterocycles. The zero-order valence-electron chi connectivity index (χ0n) is 7.98. The van der Waals surface area contributed by atoms with Crippen molar-refractivity contribution in [2.45, 2.75) is 31.7 Å². The molecule has 0 aromatic rings. The van der Waals surface area contributed by atoms with Crippen molar-refractivity contribution in [3.8, 4) is 0 Å². The van der Waals surface area contributed by atoms with Gasteiger partial charge in [0, 0.05) is 13.1 Å². The minimum Gasteiger partial charge on any atom is -0.465 e. The van der Waals surface area contributed by atoms with Crippen molar-refractivity contribution in [2.75, 3.05) is 13.1 Å². The summed E-state index contributed by atoms with van der Waals surface area (Å²) in [5, 5.41) is 11.8. The first-order chi connectivity index (χ1) is 6.65. The maximum atomic E-state index is 10.6. The van der Waals surface area contributed by atoms with Crippen LogP contribution >= 0.6 is 0 Å². The fourth-order valence-electron chi connectivity index (χ4n) is 2.60. The first-order valence-corrected chi connectivity index (χ1v) is 4.96. The molecule has 0 bridgehead atoms. The number of piperidine rings is 1. The maximum absolute atomic E-state index is 10.6. The number of carboxylic acid groups (broad SMARTS) is 1. The molecule has 14 heavy (non-hydrogen) atoms. The summed E-state index contributed by atoms with van der Waals surface area (Å²) in [7, 11) is 0. The summed E-state index contributed by atoms with van der Waals surface area (Å²) in [6.45, 7) is 1.22. The average molecular weight is 198 g/mol. The van der Waals surface area contributed by atoms with Crippen molar-refractivity contribution in [3.63, 3.8) is 0 Å². The number of hydrogen-bond donors (Lipinski definition) is 1. The molecule has 0 atom stereocenters. The van der Waals surface area contributed by atoms with Gasteiger partial charge in [0.1, 0.15) is 0 Å². The Labute approximate surface area is 82.1 Å². The van der Waals surface area contributed by atoms with Gasteiger partial charge in [-0.3, -0.25) is 0 Å². The normalized spacial score (nSPS) is 25.9. The first kappa shape index (κ1) is 9.43. The SMILES string of the molecule is O=NC1CC2(CCN(C(=O)O)CC2)C1. The fraction of sp³-hybridized carbons (Fsp3) is 0.889. The van der Waals surface area contributed by atoms with Crippen LogP contribution in [0.2, 0.25) is 0 Å². The predicted molar refractivity (Wildman–Crippen MR) is 50.1 cm³/mol. The molecule has 2 fully saturated rings. The van der Waals surface area contributed by atoms with E-state index in [9.17, 15) is 9.70 Å². The minimum absolute atomic E-state index is 0.00798. The summed E-state index contributed by atoms with van der Waals surface area (Å²) in [4.78, 5) is 22.3. The Balaban J connectivity index is 1.85. The van der Waals surface area contributed by atoms with Gasteiger partial charge in [0.2, 0.25) is 0 Å². The molecular weight excluding hydrogens is 184 g/mol. The van der Waals surface area contributed by atoms with Gasteiger partial charge in [-0.1, -0.05) is 5.18 Å². The molecule has 1 saturated carbocycles. The molecule has 2 aliphatic rings. The highest BCUT2D eigenvalue weighted by Crippen LogP contribution is 2.50. The van der Waals surface area contributed by atoms with Gasteiger partial charge in [-0.2, -0.15) is 4.91 Å². The highest BCUT2D eigenvalue weighted by Gasteiger charge is 2.47. The Kier molecular flexibility index (Phi) is 2.17. The average Bonchev–Trinajstić information content (AvgIpc) is 2.14. The number of carbonyl (C=O) groups is 1. The van der Waals surface area contributed by atoms with Crippen molar-refractivity contribution in [2.24, 2.45) is 10.6 Å². The van der Waals surface area contributed by atoms with Gasteiger partial charge in [-0.25, -0.2) is 4.79 Å². The highest BCUT2D eigenvalue weighted by atomic mass is 16.4. The molecule has 0 aromatic carbocycles. The second-order valence-corrected chi connectivity index (χ2v) is 4.44. The summed E-state index contributed by atoms with van der Waals surface area (Å²) in [6.07, 6.45) is 2.69. The van der Waals surface area contributed by atoms with E-state index in [1.807, 2.05) is 0 Å². The molecule has 5 nitrogen and oxygen atoms in total. The Morgan fingerprint density at radius 2 is 1.93 bits per heavy atom. The van der Waals surface area contributed by atoms with Crippen LogP contribution in [0.15, 0.2) is 5.18 Å². The number of nitroso groups, excluding NO2 is 1. The largest absolute Gasteiger partial charge is 0.465 e. The fourth-order valence-corrected chi connectivity index (χ4v) is 2.60. The monoisotopic (exact) mass is 198 g/mol. The number of rotatable bonds is 1. The van der Waals surface area contributed by atoms with Gasteiger partial charge in [-0.05, 0) is 31.1 Å². The molecule has 1 heterocycles. The van der Waals surface area contributed by atoms with E-state index in [2.05, 4.69) is 5.18 Å². The second-order valence-electron chi connectivity index (χ2n) is 4.44. The van der Waals surface area contributed by atoms with E-state index in [4.69, 9.17) is 5.11 Å². The van der Waals surface area contributed by atoms with Gasteiger partial charge in [0.25, 0.3) is 0 Å². The van der Waals surface area contributed by atoms with E-state index in [1.54, 1.807) is 0 Å². The maximum Gasteiger partial charge on any atom is 0.407 e. The van der Waals surface area contributed by atoms with Gasteiger partial charge >= 0.3 is 6.09 Å². The summed E-state index contributed by atoms with van der Waals surface area (Å²) in [5.74, 6) is 0. The topological polar surface area (TPSA) is 70.0 Å². The van der Waals surface area contributed by atoms with Crippen molar-refractivity contribution >= 4 is 6.09 Å². The van der Waals surface area contributed by atoms with Gasteiger partial charge < -0.3 is 10.0 Å². The molecule has 1 saturated heterocycles. The molecule has 0 radical (unpaired) electrons. The second kappa shape index (κ2) is 3.22. The smallest absolute Gasteiger partial charge is 0.407 e. The number of likely N-dealkylation sites (tertiary alicyclic amines) is 1. The van der Waals surface area contributed by atoms with Crippen LogP contribution in [0.1, 0.15) is 25.7 Å². The third-order valence-electron chi connectivity index (χ3n) is 3.58. The van der Waals surface area contributed by atoms with Gasteiger partial charge in [0.05, 0.1) is 6.04 Å². The molecular formula is C9H14N2O3. The van der Waals surface area contributed by atoms with Crippen molar-refractivity contribution < 1.29 is 9.90 Å². The summed E-state index contributed by atoms with van der Waals surface area (Å²) < 4.78 is 0. The lowest BCUT2D eigenvalue weighted by Gasteiger charge is -2.49. The van der Waals surface area contributed by atoms with Crippen LogP contribution in [0, 0.1) is 10.3 Å². The van der Waals surface area contributed by atoms with Crippen molar-refractivity contribution in [1.82, 2.24) is 4.90 Å². The Hall–Kier alpha value is -1.13. The van der Waals surface area contributed by atoms with E-state index >= 15 is 0 Å². The van der Waals surface area contributed by atoms with Crippen LogP contribution in [0.4, 0.5) is 4.79 Å². The molecule has 78 valence electrons. The summed E-state index contributed by atoms with van der Waals surface area (Å²) in [5.41, 5.74) is 0.241. The van der Waals surface area contributed by atoms with Crippen molar-refractivity contribution in [3.05, 3.63) is 4.91 Å². The van der Waals surface area contributed by atoms with Crippen molar-refractivity contribution in [1.29, 1.82) is 0 Å². The Morgan fingerprint density at radius 3 is 2.36 bits per heavy atom. The van der Waals surface area contributed by atoms with Gasteiger partial charge in [-0.15, -0.1) is 0 Å². The summed E-state index contributed by atoms with van der Waals surface area (Å²) >= 11 is 0. The minimum atomic E-state index is -0.829. The molecule has 1 spiro atoms. The van der Waals surface area contributed by atoms with Crippen LogP contribution in [0.5, 0.6) is 0 Å². The molecule has 1 amide bonds. The molecule has 0 unspecified atom stereocenters. The zero-order chi connectivity index (χ0) is 10.2. The predicted octanol–water partition coefficient (Wildman–Crippen LogP) is 1.68. The van der Waals surface area contributed by atoms with Crippen LogP contribution < -0.4 is 0 Å². The van der Waals surface area contributed by atoms with Crippen LogP contribution in [-0.4, -0.2) is 35.2 Å². The molecule has 2 rings (SSSR count). The quantitative estimate of drug-likeness (QED) is 0.651. The van der Waals surface area contributed by atoms with Crippen LogP contribution in [-0.2, 0) is 0 Å². The summed E-state index contributed by atoms with van der Waals surface area (Å²) in [6, 6.07) is -0.00798. The molecule has 1 N–H and O–H groups in total. The highest BCUT2D eigenvalue weighted by molar-refractivity contribution is 5.65. The van der Waals surface area contributed by atoms with E-state index in [0.29, 0.717) is 13.1 Å². The van der Waals surface area contributed by atoms with E-state index in [1.165, 1.54) is 4.90 Å². The lowest BCUT2D eigenvalue weighted by atomic mass is 9.61. The van der Waals surface area contributed by atoms with E-state index < -0.39 is 6.09 Å². The molecule has 5 heteroatoms. The van der Waals surface area contributed by atoms with E-state index in [0.717, 1.165) is 25.7 Å². The third kappa shape index (κ3) is 1.47. The number of nitrogens with zero attached hydrogens (tertiary/aromatic N) is 2. The van der Waals surface area contributed by atoms with Gasteiger partial charge in [0.15, 0.2) is 0 Å². The molecule has 1 aliphatic carbocycles. The lowest BCUT2D eigenvalue weighted by Crippen LogP contribution is -2.49. The lowest BCUT2D eigenvalue weighted by molar-refractivity contribution is 0.0215. The number of amides is 1. The zero-order valence-corrected chi connectivity index (χ0v) is 7.98. The van der Waals surface area contributed by atoms with Crippen LogP contribution in [0.3, 0.4) is 0 Å². The Bertz CT molecular complexity index is 251. The standard InChI is InChI=1S/C9H14N2O3/c12-8(13)11-3-1-9(2-4-11)5-7(6-9)10-14/h7H,1-6H2,(H,12,13). The van der Waals surface area contributed by atoms with Crippen LogP contribution in [0.25, 0.3) is 0 Å².